The van der Waals surface area contributed by atoms with E-state index < -0.39 is 12.0 Å². The van der Waals surface area contributed by atoms with Gasteiger partial charge in [0.15, 0.2) is 0 Å². The minimum absolute atomic E-state index is 0.230. The van der Waals surface area contributed by atoms with Crippen LogP contribution in [0.15, 0.2) is 54.6 Å². The molecule has 2 N–H and O–H groups in total. The van der Waals surface area contributed by atoms with Gasteiger partial charge in [0, 0.05) is 23.4 Å². The molecule has 6 nitrogen and oxygen atoms in total. The summed E-state index contributed by atoms with van der Waals surface area (Å²) in [4.78, 5) is 37.6. The minimum atomic E-state index is -0.968. The third kappa shape index (κ3) is 3.91. The molecular formula is C20H20N2O4. The minimum Gasteiger partial charge on any atom is -0.480 e. The maximum atomic E-state index is 12.6. The normalized spacial score (nSPS) is 16.8. The maximum Gasteiger partial charge on any atom is 0.326 e. The molecule has 0 aromatic heterocycles. The Bertz CT molecular complexity index is 802. The molecule has 2 amide bonds. The number of carboxylic acids is 1. The SMILES string of the molecule is O=C(Nc1ccc(C(=O)N2CCCC[C@@H]2C(=O)O)cc1)c1ccccc1. The van der Waals surface area contributed by atoms with E-state index >= 15 is 0 Å². The molecule has 2 aromatic rings. The standard InChI is InChI=1S/C20H20N2O4/c23-18(14-6-2-1-3-7-14)21-16-11-9-15(10-12-16)19(24)22-13-5-4-8-17(22)20(25)26/h1-3,6-7,9-12,17H,4-5,8,13H2,(H,21,23)(H,25,26)/t17-/m1/s1. The zero-order valence-corrected chi connectivity index (χ0v) is 14.2. The van der Waals surface area contributed by atoms with Crippen molar-refractivity contribution in [3.63, 3.8) is 0 Å². The van der Waals surface area contributed by atoms with Crippen LogP contribution in [-0.4, -0.2) is 40.4 Å². The molecule has 0 aliphatic carbocycles. The van der Waals surface area contributed by atoms with E-state index in [9.17, 15) is 19.5 Å². The van der Waals surface area contributed by atoms with Gasteiger partial charge in [-0.25, -0.2) is 4.79 Å². The van der Waals surface area contributed by atoms with Crippen LogP contribution in [0.25, 0.3) is 0 Å². The molecule has 3 rings (SSSR count). The predicted octanol–water partition coefficient (Wildman–Crippen LogP) is 3.02. The first-order chi connectivity index (χ1) is 12.6. The maximum absolute atomic E-state index is 12.6. The molecule has 1 aliphatic rings. The van der Waals surface area contributed by atoms with Crippen molar-refractivity contribution in [2.24, 2.45) is 0 Å². The van der Waals surface area contributed by atoms with E-state index in [1.54, 1.807) is 48.5 Å². The topological polar surface area (TPSA) is 86.7 Å². The molecule has 0 radical (unpaired) electrons. The summed E-state index contributed by atoms with van der Waals surface area (Å²) in [7, 11) is 0. The number of hydrogen-bond acceptors (Lipinski definition) is 3. The van der Waals surface area contributed by atoms with Gasteiger partial charge in [-0.1, -0.05) is 18.2 Å². The highest BCUT2D eigenvalue weighted by molar-refractivity contribution is 6.04. The quantitative estimate of drug-likeness (QED) is 0.885. The van der Waals surface area contributed by atoms with Gasteiger partial charge in [-0.05, 0) is 55.7 Å². The number of aliphatic carboxylic acids is 1. The second-order valence-corrected chi connectivity index (χ2v) is 6.25. The molecular weight excluding hydrogens is 332 g/mol. The third-order valence-corrected chi connectivity index (χ3v) is 4.47. The van der Waals surface area contributed by atoms with E-state index in [0.717, 1.165) is 12.8 Å². The van der Waals surface area contributed by atoms with Crippen molar-refractivity contribution >= 4 is 23.5 Å². The van der Waals surface area contributed by atoms with Gasteiger partial charge in [0.05, 0.1) is 0 Å². The zero-order valence-electron chi connectivity index (χ0n) is 14.2. The van der Waals surface area contributed by atoms with Crippen LogP contribution in [0.5, 0.6) is 0 Å². The van der Waals surface area contributed by atoms with Crippen LogP contribution in [-0.2, 0) is 4.79 Å². The summed E-state index contributed by atoms with van der Waals surface area (Å²) in [6, 6.07) is 14.6. The Morgan fingerprint density at radius 2 is 1.62 bits per heavy atom. The first-order valence-corrected chi connectivity index (χ1v) is 8.56. The third-order valence-electron chi connectivity index (χ3n) is 4.47. The molecule has 6 heteroatoms. The summed E-state index contributed by atoms with van der Waals surface area (Å²) >= 11 is 0. The second-order valence-electron chi connectivity index (χ2n) is 6.25. The molecule has 134 valence electrons. The summed E-state index contributed by atoms with van der Waals surface area (Å²) in [6.45, 7) is 0.447. The van der Waals surface area contributed by atoms with Gasteiger partial charge in [-0.2, -0.15) is 0 Å². The molecule has 1 fully saturated rings. The van der Waals surface area contributed by atoms with E-state index in [0.29, 0.717) is 29.8 Å². The lowest BCUT2D eigenvalue weighted by atomic mass is 10.0. The summed E-state index contributed by atoms with van der Waals surface area (Å²) < 4.78 is 0. The van der Waals surface area contributed by atoms with Gasteiger partial charge >= 0.3 is 5.97 Å². The van der Waals surface area contributed by atoms with Crippen LogP contribution in [0.3, 0.4) is 0 Å². The van der Waals surface area contributed by atoms with Crippen molar-refractivity contribution in [1.29, 1.82) is 0 Å². The second kappa shape index (κ2) is 7.82. The molecule has 26 heavy (non-hydrogen) atoms. The van der Waals surface area contributed by atoms with Crippen molar-refractivity contribution in [1.82, 2.24) is 4.90 Å². The van der Waals surface area contributed by atoms with Crippen LogP contribution < -0.4 is 5.32 Å². The molecule has 1 aliphatic heterocycles. The predicted molar refractivity (Wildman–Crippen MR) is 97.1 cm³/mol. The van der Waals surface area contributed by atoms with Crippen molar-refractivity contribution in [3.8, 4) is 0 Å². The molecule has 2 aromatic carbocycles. The van der Waals surface area contributed by atoms with Crippen molar-refractivity contribution in [3.05, 3.63) is 65.7 Å². The van der Waals surface area contributed by atoms with Crippen LogP contribution in [0.1, 0.15) is 40.0 Å². The first kappa shape index (κ1) is 17.7. The molecule has 0 saturated carbocycles. The Labute approximate surface area is 151 Å². The highest BCUT2D eigenvalue weighted by Crippen LogP contribution is 2.21. The Kier molecular flexibility index (Phi) is 5.31. The van der Waals surface area contributed by atoms with Crippen LogP contribution in [0.4, 0.5) is 5.69 Å². The summed E-state index contributed by atoms with van der Waals surface area (Å²) in [5.74, 6) is -1.49. The fourth-order valence-electron chi connectivity index (χ4n) is 3.09. The lowest BCUT2D eigenvalue weighted by Crippen LogP contribution is -2.47. The van der Waals surface area contributed by atoms with Crippen molar-refractivity contribution in [2.75, 3.05) is 11.9 Å². The van der Waals surface area contributed by atoms with E-state index in [1.165, 1.54) is 4.90 Å². The van der Waals surface area contributed by atoms with Crippen molar-refractivity contribution < 1.29 is 19.5 Å². The van der Waals surface area contributed by atoms with E-state index in [2.05, 4.69) is 5.32 Å². The monoisotopic (exact) mass is 352 g/mol. The smallest absolute Gasteiger partial charge is 0.326 e. The molecule has 0 bridgehead atoms. The van der Waals surface area contributed by atoms with E-state index in [-0.39, 0.29) is 11.8 Å². The van der Waals surface area contributed by atoms with Gasteiger partial charge in [0.25, 0.3) is 11.8 Å². The number of likely N-dealkylation sites (tertiary alicyclic amines) is 1. The van der Waals surface area contributed by atoms with Gasteiger partial charge in [-0.3, -0.25) is 9.59 Å². The first-order valence-electron chi connectivity index (χ1n) is 8.56. The number of piperidine rings is 1. The number of benzene rings is 2. The molecule has 0 spiro atoms. The Morgan fingerprint density at radius 1 is 0.923 bits per heavy atom. The van der Waals surface area contributed by atoms with E-state index in [1.807, 2.05) is 6.07 Å². The highest BCUT2D eigenvalue weighted by atomic mass is 16.4. The van der Waals surface area contributed by atoms with Crippen molar-refractivity contribution in [2.45, 2.75) is 25.3 Å². The number of carbonyl (C=O) groups is 3. The average molecular weight is 352 g/mol. The fourth-order valence-corrected chi connectivity index (χ4v) is 3.09. The lowest BCUT2D eigenvalue weighted by molar-refractivity contribution is -0.143. The van der Waals surface area contributed by atoms with Gasteiger partial charge in [0.2, 0.25) is 0 Å². The van der Waals surface area contributed by atoms with Gasteiger partial charge in [-0.15, -0.1) is 0 Å². The van der Waals surface area contributed by atoms with Crippen LogP contribution in [0.2, 0.25) is 0 Å². The molecule has 1 saturated heterocycles. The Hall–Kier alpha value is -3.15. The average Bonchev–Trinajstić information content (AvgIpc) is 2.68. The number of rotatable bonds is 4. The number of amides is 2. The number of carbonyl (C=O) groups excluding carboxylic acids is 2. The summed E-state index contributed by atoms with van der Waals surface area (Å²) in [6.07, 6.45) is 2.10. The summed E-state index contributed by atoms with van der Waals surface area (Å²) in [5.41, 5.74) is 1.53. The number of carboxylic acid groups (broad SMARTS) is 1. The van der Waals surface area contributed by atoms with E-state index in [4.69, 9.17) is 0 Å². The number of hydrogen-bond donors (Lipinski definition) is 2. The summed E-state index contributed by atoms with van der Waals surface area (Å²) in [5, 5.41) is 12.1. The Morgan fingerprint density at radius 3 is 2.27 bits per heavy atom. The highest BCUT2D eigenvalue weighted by Gasteiger charge is 2.32. The number of nitrogens with zero attached hydrogens (tertiary/aromatic N) is 1. The molecule has 1 atom stereocenters. The zero-order chi connectivity index (χ0) is 18.5. The Balaban J connectivity index is 1.70. The van der Waals surface area contributed by atoms with Crippen LogP contribution in [0, 0.1) is 0 Å². The fraction of sp³-hybridized carbons (Fsp3) is 0.250. The van der Waals surface area contributed by atoms with Gasteiger partial charge in [0.1, 0.15) is 6.04 Å². The van der Waals surface area contributed by atoms with Crippen LogP contribution >= 0.6 is 0 Å². The number of anilines is 1. The largest absolute Gasteiger partial charge is 0.480 e. The number of nitrogens with one attached hydrogen (secondary N) is 1. The molecule has 0 unspecified atom stereocenters. The van der Waals surface area contributed by atoms with Gasteiger partial charge < -0.3 is 15.3 Å². The molecule has 1 heterocycles. The lowest BCUT2D eigenvalue weighted by Gasteiger charge is -2.33.